The van der Waals surface area contributed by atoms with Crippen molar-refractivity contribution >= 4 is 23.8 Å². The van der Waals surface area contributed by atoms with E-state index in [1.54, 1.807) is 0 Å². The minimum Gasteiger partial charge on any atom is -0.184 e. The SMILES string of the molecule is [CH]1C=CC=C1.[Pt].[c-]1ccccc1.c1ccc(P(c2ccccc2)c2ccccc2)cc1. The predicted octanol–water partition coefficient (Wildman–Crippen LogP) is 6.25. The van der Waals surface area contributed by atoms with Crippen LogP contribution in [0.1, 0.15) is 0 Å². The second-order valence-electron chi connectivity index (χ2n) is 6.38. The first-order chi connectivity index (χ1) is 14.9. The van der Waals surface area contributed by atoms with Gasteiger partial charge in [0, 0.05) is 27.5 Å². The normalized spacial score (nSPS) is 10.9. The van der Waals surface area contributed by atoms with Gasteiger partial charge in [-0.1, -0.05) is 115 Å². The maximum Gasteiger partial charge on any atom is 0.00506 e. The summed E-state index contributed by atoms with van der Waals surface area (Å²) in [6.07, 6.45) is 10.0. The third kappa shape index (κ3) is 9.02. The predicted molar refractivity (Wildman–Crippen MR) is 133 cm³/mol. The molecule has 0 spiro atoms. The van der Waals surface area contributed by atoms with Crippen LogP contribution in [0.5, 0.6) is 0 Å². The van der Waals surface area contributed by atoms with Crippen molar-refractivity contribution in [1.82, 2.24) is 0 Å². The molecule has 4 aromatic carbocycles. The van der Waals surface area contributed by atoms with Gasteiger partial charge in [-0.25, -0.2) is 0 Å². The minimum absolute atomic E-state index is 0. The van der Waals surface area contributed by atoms with Gasteiger partial charge in [0.2, 0.25) is 0 Å². The van der Waals surface area contributed by atoms with Crippen molar-refractivity contribution in [2.24, 2.45) is 0 Å². The molecule has 157 valence electrons. The summed E-state index contributed by atoms with van der Waals surface area (Å²) in [5.41, 5.74) is 0. The maximum absolute atomic E-state index is 2.89. The van der Waals surface area contributed by atoms with Crippen molar-refractivity contribution in [2.45, 2.75) is 0 Å². The molecular formula is C29H25PPt-. The molecule has 0 saturated heterocycles. The van der Waals surface area contributed by atoms with Crippen molar-refractivity contribution in [3.63, 3.8) is 0 Å². The van der Waals surface area contributed by atoms with Gasteiger partial charge >= 0.3 is 0 Å². The Morgan fingerprint density at radius 3 is 1.00 bits per heavy atom. The Balaban J connectivity index is 0.000000233. The third-order valence-electron chi connectivity index (χ3n) is 4.21. The molecule has 0 bridgehead atoms. The maximum atomic E-state index is 2.89. The molecule has 2 heteroatoms. The molecule has 31 heavy (non-hydrogen) atoms. The summed E-state index contributed by atoms with van der Waals surface area (Å²) in [7, 11) is -0.446. The number of rotatable bonds is 3. The summed E-state index contributed by atoms with van der Waals surface area (Å²) in [6, 6.07) is 44.8. The third-order valence-corrected chi connectivity index (χ3v) is 6.65. The molecule has 0 unspecified atom stereocenters. The van der Waals surface area contributed by atoms with Crippen LogP contribution in [0.2, 0.25) is 0 Å². The minimum atomic E-state index is -0.446. The quantitative estimate of drug-likeness (QED) is 0.193. The van der Waals surface area contributed by atoms with Crippen LogP contribution in [0.4, 0.5) is 0 Å². The van der Waals surface area contributed by atoms with Crippen molar-refractivity contribution in [3.05, 3.63) is 158 Å². The van der Waals surface area contributed by atoms with E-state index in [9.17, 15) is 0 Å². The molecule has 1 aliphatic carbocycles. The summed E-state index contributed by atoms with van der Waals surface area (Å²) >= 11 is 0. The Hall–Kier alpha value is -2.52. The van der Waals surface area contributed by atoms with Crippen LogP contribution >= 0.6 is 7.92 Å². The van der Waals surface area contributed by atoms with Crippen molar-refractivity contribution < 1.29 is 21.1 Å². The van der Waals surface area contributed by atoms with Gasteiger partial charge in [0.05, 0.1) is 0 Å². The number of allylic oxidation sites excluding steroid dienone is 4. The van der Waals surface area contributed by atoms with E-state index in [2.05, 4.69) is 97.1 Å². The molecule has 0 saturated carbocycles. The number of hydrogen-bond acceptors (Lipinski definition) is 0. The van der Waals surface area contributed by atoms with E-state index in [1.165, 1.54) is 15.9 Å². The average molecular weight is 600 g/mol. The molecule has 0 amide bonds. The second-order valence-corrected chi connectivity index (χ2v) is 8.60. The van der Waals surface area contributed by atoms with E-state index in [0.717, 1.165) is 0 Å². The summed E-state index contributed by atoms with van der Waals surface area (Å²) in [6.45, 7) is 0. The molecule has 4 aromatic rings. The van der Waals surface area contributed by atoms with E-state index >= 15 is 0 Å². The van der Waals surface area contributed by atoms with Crippen LogP contribution < -0.4 is 15.9 Å². The smallest absolute Gasteiger partial charge is 0.00506 e. The van der Waals surface area contributed by atoms with Crippen LogP contribution in [0.3, 0.4) is 0 Å². The Bertz CT molecular complexity index is 867. The largest absolute Gasteiger partial charge is 0.184 e. The monoisotopic (exact) mass is 599 g/mol. The van der Waals surface area contributed by atoms with E-state index < -0.39 is 7.92 Å². The van der Waals surface area contributed by atoms with Crippen LogP contribution in [0.15, 0.2) is 146 Å². The van der Waals surface area contributed by atoms with E-state index in [4.69, 9.17) is 0 Å². The molecule has 0 N–H and O–H groups in total. The van der Waals surface area contributed by atoms with Gasteiger partial charge in [-0.15, -0.1) is 0 Å². The van der Waals surface area contributed by atoms with Gasteiger partial charge in [-0.2, -0.15) is 36.4 Å². The van der Waals surface area contributed by atoms with Crippen LogP contribution in [-0.4, -0.2) is 0 Å². The number of benzene rings is 4. The van der Waals surface area contributed by atoms with Crippen LogP contribution in [-0.2, 0) is 21.1 Å². The van der Waals surface area contributed by atoms with Crippen LogP contribution in [0.25, 0.3) is 0 Å². The topological polar surface area (TPSA) is 0 Å². The van der Waals surface area contributed by atoms with Crippen molar-refractivity contribution in [1.29, 1.82) is 0 Å². The molecule has 0 nitrogen and oxygen atoms in total. The molecular weight excluding hydrogens is 574 g/mol. The Labute approximate surface area is 202 Å². The Morgan fingerprint density at radius 2 is 0.774 bits per heavy atom. The Morgan fingerprint density at radius 1 is 0.419 bits per heavy atom. The molecule has 5 rings (SSSR count). The first kappa shape index (κ1) is 24.7. The number of hydrogen-bond donors (Lipinski definition) is 0. The first-order valence-corrected chi connectivity index (χ1v) is 11.3. The summed E-state index contributed by atoms with van der Waals surface area (Å²) < 4.78 is 0. The van der Waals surface area contributed by atoms with Gasteiger partial charge in [0.1, 0.15) is 0 Å². The molecule has 0 aromatic heterocycles. The molecule has 1 aliphatic rings. The standard InChI is InChI=1S/C18H15P.C6H5.C5H5.Pt/c1-4-10-16(11-5-1)19(17-12-6-2-7-13-17)18-14-8-3-9-15-18;1-2-4-6-5-3-1;1-2-4-5-3-1;/h1-15H;1-5H;1-5H;/q;-1;;. The van der Waals surface area contributed by atoms with Gasteiger partial charge in [0.25, 0.3) is 0 Å². The van der Waals surface area contributed by atoms with Gasteiger partial charge in [0.15, 0.2) is 0 Å². The summed E-state index contributed by atoms with van der Waals surface area (Å²) in [5, 5.41) is 4.19. The van der Waals surface area contributed by atoms with Crippen LogP contribution in [0, 0.1) is 12.5 Å². The molecule has 0 heterocycles. The molecule has 1 radical (unpaired) electrons. The fraction of sp³-hybridized carbons (Fsp3) is 0. The average Bonchev–Trinajstić information content (AvgIpc) is 3.44. The van der Waals surface area contributed by atoms with Gasteiger partial charge in [-0.05, 0) is 23.8 Å². The fourth-order valence-corrected chi connectivity index (χ4v) is 5.15. The van der Waals surface area contributed by atoms with Gasteiger partial charge in [-0.3, -0.25) is 0 Å². The van der Waals surface area contributed by atoms with Crippen molar-refractivity contribution in [3.8, 4) is 0 Å². The van der Waals surface area contributed by atoms with E-state index in [1.807, 2.05) is 61.1 Å². The van der Waals surface area contributed by atoms with Gasteiger partial charge < -0.3 is 0 Å². The van der Waals surface area contributed by atoms with Crippen molar-refractivity contribution in [2.75, 3.05) is 0 Å². The first-order valence-electron chi connectivity index (χ1n) is 9.98. The molecule has 0 fully saturated rings. The zero-order valence-corrected chi connectivity index (χ0v) is 20.4. The Kier molecular flexibility index (Phi) is 12.2. The summed E-state index contributed by atoms with van der Waals surface area (Å²) in [5.74, 6) is 0. The second kappa shape index (κ2) is 15.3. The van der Waals surface area contributed by atoms with E-state index in [0.29, 0.717) is 0 Å². The molecule has 0 aliphatic heterocycles. The zero-order chi connectivity index (χ0) is 20.7. The van der Waals surface area contributed by atoms with E-state index in [-0.39, 0.29) is 21.1 Å². The zero-order valence-electron chi connectivity index (χ0n) is 17.2. The summed E-state index contributed by atoms with van der Waals surface area (Å²) in [4.78, 5) is 0. The molecule has 0 atom stereocenters. The fourth-order valence-electron chi connectivity index (χ4n) is 2.84.